The van der Waals surface area contributed by atoms with Crippen LogP contribution in [0, 0.1) is 11.3 Å². The molecule has 0 bridgehead atoms. The molecule has 0 radical (unpaired) electrons. The Kier molecular flexibility index (Phi) is 5.02. The number of benzene rings is 1. The zero-order chi connectivity index (χ0) is 12.7. The molecule has 0 aliphatic rings. The highest BCUT2D eigenvalue weighted by Gasteiger charge is 2.11. The molecule has 1 rings (SSSR count). The summed E-state index contributed by atoms with van der Waals surface area (Å²) < 4.78 is 5.01. The topological polar surface area (TPSA) is 62.1 Å². The van der Waals surface area contributed by atoms with Crippen LogP contribution in [-0.2, 0) is 0 Å². The van der Waals surface area contributed by atoms with Gasteiger partial charge in [-0.2, -0.15) is 5.26 Å². The van der Waals surface area contributed by atoms with Gasteiger partial charge in [0.1, 0.15) is 11.8 Å². The second kappa shape index (κ2) is 6.54. The summed E-state index contributed by atoms with van der Waals surface area (Å²) in [6.45, 7) is 1.98. The van der Waals surface area contributed by atoms with Crippen LogP contribution < -0.4 is 10.1 Å². The number of hydrogen-bond donors (Lipinski definition) is 1. The molecule has 90 valence electrons. The summed E-state index contributed by atoms with van der Waals surface area (Å²) in [6.07, 6.45) is 1.53. The minimum absolute atomic E-state index is 0.229. The molecule has 0 fully saturated rings. The summed E-state index contributed by atoms with van der Waals surface area (Å²) in [4.78, 5) is 11.8. The molecule has 1 atom stereocenters. The van der Waals surface area contributed by atoms with E-state index < -0.39 is 6.04 Å². The van der Waals surface area contributed by atoms with Crippen LogP contribution >= 0.6 is 0 Å². The van der Waals surface area contributed by atoms with Crippen molar-refractivity contribution >= 4 is 5.91 Å². The third-order valence-corrected chi connectivity index (χ3v) is 2.39. The summed E-state index contributed by atoms with van der Waals surface area (Å²) in [5.74, 6) is 0.472. The second-order valence-corrected chi connectivity index (χ2v) is 3.67. The number of methoxy groups -OCH3 is 1. The van der Waals surface area contributed by atoms with Crippen LogP contribution in [-0.4, -0.2) is 19.1 Å². The van der Waals surface area contributed by atoms with Gasteiger partial charge in [0.25, 0.3) is 5.91 Å². The highest BCUT2D eigenvalue weighted by atomic mass is 16.5. The van der Waals surface area contributed by atoms with Gasteiger partial charge in [0.15, 0.2) is 0 Å². The average Bonchev–Trinajstić information content (AvgIpc) is 2.38. The van der Waals surface area contributed by atoms with E-state index in [0.29, 0.717) is 17.7 Å². The lowest BCUT2D eigenvalue weighted by Crippen LogP contribution is -2.33. The van der Waals surface area contributed by atoms with E-state index in [9.17, 15) is 4.79 Å². The molecule has 1 aromatic rings. The molecule has 0 heterocycles. The molecule has 0 saturated heterocycles. The number of carbonyl (C=O) groups excluding carboxylic acids is 1. The number of nitriles is 1. The Balaban J connectivity index is 2.66. The van der Waals surface area contributed by atoms with Gasteiger partial charge in [0.05, 0.1) is 13.2 Å². The molecule has 0 spiro atoms. The third kappa shape index (κ3) is 3.80. The van der Waals surface area contributed by atoms with Crippen molar-refractivity contribution in [2.24, 2.45) is 0 Å². The zero-order valence-electron chi connectivity index (χ0n) is 10.1. The van der Waals surface area contributed by atoms with E-state index in [0.717, 1.165) is 6.42 Å². The molecule has 4 nitrogen and oxygen atoms in total. The maximum atomic E-state index is 11.8. The summed E-state index contributed by atoms with van der Waals surface area (Å²) in [5, 5.41) is 11.5. The Labute approximate surface area is 101 Å². The molecular weight excluding hydrogens is 216 g/mol. The van der Waals surface area contributed by atoms with Crippen molar-refractivity contribution in [2.45, 2.75) is 25.8 Å². The van der Waals surface area contributed by atoms with Gasteiger partial charge in [-0.05, 0) is 30.7 Å². The van der Waals surface area contributed by atoms with Crippen LogP contribution in [0.4, 0.5) is 0 Å². The fourth-order valence-electron chi connectivity index (χ4n) is 1.44. The van der Waals surface area contributed by atoms with Gasteiger partial charge in [0, 0.05) is 5.56 Å². The van der Waals surface area contributed by atoms with Crippen molar-refractivity contribution in [3.8, 4) is 11.8 Å². The van der Waals surface area contributed by atoms with Crippen LogP contribution in [0.3, 0.4) is 0 Å². The number of nitrogens with zero attached hydrogens (tertiary/aromatic N) is 1. The van der Waals surface area contributed by atoms with Crippen LogP contribution in [0.1, 0.15) is 30.1 Å². The van der Waals surface area contributed by atoms with Crippen molar-refractivity contribution in [1.82, 2.24) is 5.32 Å². The first-order chi connectivity index (χ1) is 8.21. The Morgan fingerprint density at radius 3 is 2.59 bits per heavy atom. The van der Waals surface area contributed by atoms with E-state index in [1.54, 1.807) is 31.4 Å². The van der Waals surface area contributed by atoms with E-state index >= 15 is 0 Å². The van der Waals surface area contributed by atoms with Crippen molar-refractivity contribution in [3.05, 3.63) is 29.8 Å². The van der Waals surface area contributed by atoms with Gasteiger partial charge < -0.3 is 10.1 Å². The predicted octanol–water partition coefficient (Wildman–Crippen LogP) is 2.12. The summed E-state index contributed by atoms with van der Waals surface area (Å²) in [5.41, 5.74) is 0.530. The van der Waals surface area contributed by atoms with Gasteiger partial charge >= 0.3 is 0 Å². The molecule has 4 heteroatoms. The molecule has 0 aliphatic heterocycles. The number of rotatable bonds is 5. The Hall–Kier alpha value is -2.02. The summed E-state index contributed by atoms with van der Waals surface area (Å²) in [6, 6.07) is 8.43. The first-order valence-electron chi connectivity index (χ1n) is 5.55. The van der Waals surface area contributed by atoms with Gasteiger partial charge in [-0.1, -0.05) is 13.3 Å². The maximum Gasteiger partial charge on any atom is 0.252 e. The minimum atomic E-state index is -0.422. The fourth-order valence-corrected chi connectivity index (χ4v) is 1.44. The third-order valence-electron chi connectivity index (χ3n) is 2.39. The first kappa shape index (κ1) is 13.0. The lowest BCUT2D eigenvalue weighted by Gasteiger charge is -2.10. The van der Waals surface area contributed by atoms with Gasteiger partial charge in [-0.15, -0.1) is 0 Å². The van der Waals surface area contributed by atoms with Crippen molar-refractivity contribution in [2.75, 3.05) is 7.11 Å². The summed E-state index contributed by atoms with van der Waals surface area (Å²) >= 11 is 0. The molecule has 1 N–H and O–H groups in total. The Morgan fingerprint density at radius 1 is 1.47 bits per heavy atom. The lowest BCUT2D eigenvalue weighted by atomic mass is 10.1. The number of amides is 1. The zero-order valence-corrected chi connectivity index (χ0v) is 10.1. The minimum Gasteiger partial charge on any atom is -0.497 e. The first-order valence-corrected chi connectivity index (χ1v) is 5.55. The lowest BCUT2D eigenvalue weighted by molar-refractivity contribution is 0.0944. The molecule has 1 aromatic carbocycles. The smallest absolute Gasteiger partial charge is 0.252 e. The Morgan fingerprint density at radius 2 is 2.12 bits per heavy atom. The summed E-state index contributed by atoms with van der Waals surface area (Å²) in [7, 11) is 1.57. The van der Waals surface area contributed by atoms with Crippen LogP contribution in [0.15, 0.2) is 24.3 Å². The normalized spacial score (nSPS) is 11.4. The fraction of sp³-hybridized carbons (Fsp3) is 0.385. The number of nitrogens with one attached hydrogen (secondary N) is 1. The van der Waals surface area contributed by atoms with Crippen LogP contribution in [0.2, 0.25) is 0 Å². The van der Waals surface area contributed by atoms with Gasteiger partial charge in [-0.25, -0.2) is 0 Å². The highest BCUT2D eigenvalue weighted by Crippen LogP contribution is 2.11. The second-order valence-electron chi connectivity index (χ2n) is 3.67. The maximum absolute atomic E-state index is 11.8. The monoisotopic (exact) mass is 232 g/mol. The van der Waals surface area contributed by atoms with E-state index in [2.05, 4.69) is 11.4 Å². The standard InChI is InChI=1S/C13H16N2O2/c1-3-4-11(9-14)15-13(16)10-5-7-12(17-2)8-6-10/h5-8,11H,3-4H2,1-2H3,(H,15,16). The van der Waals surface area contributed by atoms with Crippen LogP contribution in [0.5, 0.6) is 5.75 Å². The average molecular weight is 232 g/mol. The quantitative estimate of drug-likeness (QED) is 0.845. The molecule has 1 unspecified atom stereocenters. The van der Waals surface area contributed by atoms with Gasteiger partial charge in [0.2, 0.25) is 0 Å². The van der Waals surface area contributed by atoms with Crippen molar-refractivity contribution in [1.29, 1.82) is 5.26 Å². The van der Waals surface area contributed by atoms with Crippen molar-refractivity contribution < 1.29 is 9.53 Å². The van der Waals surface area contributed by atoms with E-state index in [-0.39, 0.29) is 5.91 Å². The molecule has 0 saturated carbocycles. The SMILES string of the molecule is CCCC(C#N)NC(=O)c1ccc(OC)cc1. The Bertz CT molecular complexity index is 406. The molecular formula is C13H16N2O2. The molecule has 17 heavy (non-hydrogen) atoms. The van der Waals surface area contributed by atoms with Crippen molar-refractivity contribution in [3.63, 3.8) is 0 Å². The van der Waals surface area contributed by atoms with E-state index in [1.807, 2.05) is 6.92 Å². The predicted molar refractivity (Wildman–Crippen MR) is 64.8 cm³/mol. The molecule has 1 amide bonds. The van der Waals surface area contributed by atoms with Gasteiger partial charge in [-0.3, -0.25) is 4.79 Å². The van der Waals surface area contributed by atoms with E-state index in [1.165, 1.54) is 0 Å². The van der Waals surface area contributed by atoms with E-state index in [4.69, 9.17) is 10.00 Å². The number of ether oxygens (including phenoxy) is 1. The van der Waals surface area contributed by atoms with Crippen LogP contribution in [0.25, 0.3) is 0 Å². The number of hydrogen-bond acceptors (Lipinski definition) is 3. The molecule has 0 aromatic heterocycles. The largest absolute Gasteiger partial charge is 0.497 e. The highest BCUT2D eigenvalue weighted by molar-refractivity contribution is 5.94. The molecule has 0 aliphatic carbocycles. The number of carbonyl (C=O) groups is 1.